The molecule has 0 aromatic heterocycles. The molecule has 2 aromatic carbocycles. The quantitative estimate of drug-likeness (QED) is 0.454. The highest BCUT2D eigenvalue weighted by molar-refractivity contribution is 5.86. The molecule has 1 aliphatic carbocycles. The highest BCUT2D eigenvalue weighted by atomic mass is 16.5. The summed E-state index contributed by atoms with van der Waals surface area (Å²) in [5, 5.41) is 14.8. The fraction of sp³-hybridized carbons (Fsp3) is 0.444. The Bertz CT molecular complexity index is 1010. The van der Waals surface area contributed by atoms with Gasteiger partial charge in [0.1, 0.15) is 12.6 Å². The van der Waals surface area contributed by atoms with Crippen LogP contribution in [0.5, 0.6) is 0 Å². The van der Waals surface area contributed by atoms with Crippen LogP contribution in [0.4, 0.5) is 4.79 Å². The van der Waals surface area contributed by atoms with Gasteiger partial charge in [0.05, 0.1) is 5.92 Å². The number of nitrogens with one attached hydrogen (secondary N) is 2. The SMILES string of the molecule is CC(C)C(CNC(=O)C(CCN(C)C)NC(=O)OCC1c2ccccc2-c2ccccc21)C(=O)O. The monoisotopic (exact) mass is 481 g/mol. The smallest absolute Gasteiger partial charge is 0.407 e. The Hall–Kier alpha value is -3.39. The van der Waals surface area contributed by atoms with Gasteiger partial charge in [-0.3, -0.25) is 9.59 Å². The molecule has 2 atom stereocenters. The Balaban J connectivity index is 1.64. The van der Waals surface area contributed by atoms with E-state index in [0.717, 1.165) is 22.3 Å². The van der Waals surface area contributed by atoms with E-state index in [9.17, 15) is 19.5 Å². The standard InChI is InChI=1S/C27H35N3O5/c1-17(2)22(26(32)33)15-28-25(31)24(13-14-30(3)4)29-27(34)35-16-23-20-11-7-5-9-18(20)19-10-6-8-12-21(19)23/h5-12,17,22-24H,13-16H2,1-4H3,(H,28,31)(H,29,34)(H,32,33). The Morgan fingerprint density at radius 2 is 1.57 bits per heavy atom. The van der Waals surface area contributed by atoms with E-state index >= 15 is 0 Å². The van der Waals surface area contributed by atoms with Crippen molar-refractivity contribution in [3.05, 3.63) is 59.7 Å². The van der Waals surface area contributed by atoms with Gasteiger partial charge in [0, 0.05) is 12.5 Å². The Morgan fingerprint density at radius 1 is 1.00 bits per heavy atom. The average molecular weight is 482 g/mol. The molecule has 3 rings (SSSR count). The minimum atomic E-state index is -0.963. The van der Waals surface area contributed by atoms with Gasteiger partial charge in [-0.15, -0.1) is 0 Å². The second-order valence-electron chi connectivity index (χ2n) is 9.55. The predicted molar refractivity (Wildman–Crippen MR) is 134 cm³/mol. The molecule has 0 saturated heterocycles. The maximum atomic E-state index is 12.8. The molecule has 0 fully saturated rings. The summed E-state index contributed by atoms with van der Waals surface area (Å²) in [5.41, 5.74) is 4.49. The van der Waals surface area contributed by atoms with E-state index in [1.807, 2.05) is 55.4 Å². The number of carbonyl (C=O) groups is 3. The van der Waals surface area contributed by atoms with Gasteiger partial charge in [-0.1, -0.05) is 62.4 Å². The molecule has 2 amide bonds. The second kappa shape index (κ2) is 11.8. The first-order valence-corrected chi connectivity index (χ1v) is 12.0. The lowest BCUT2D eigenvalue weighted by molar-refractivity contribution is -0.143. The third-order valence-corrected chi connectivity index (χ3v) is 6.44. The molecule has 8 nitrogen and oxygen atoms in total. The highest BCUT2D eigenvalue weighted by Gasteiger charge is 2.30. The number of hydrogen-bond donors (Lipinski definition) is 3. The zero-order chi connectivity index (χ0) is 25.5. The average Bonchev–Trinajstić information content (AvgIpc) is 3.13. The molecule has 8 heteroatoms. The Morgan fingerprint density at radius 3 is 2.09 bits per heavy atom. The zero-order valence-corrected chi connectivity index (χ0v) is 20.8. The van der Waals surface area contributed by atoms with Gasteiger partial charge < -0.3 is 25.4 Å². The summed E-state index contributed by atoms with van der Waals surface area (Å²) in [4.78, 5) is 38.9. The van der Waals surface area contributed by atoms with Gasteiger partial charge in [-0.2, -0.15) is 0 Å². The van der Waals surface area contributed by atoms with Crippen molar-refractivity contribution in [2.75, 3.05) is 33.8 Å². The van der Waals surface area contributed by atoms with E-state index in [-0.39, 0.29) is 25.0 Å². The maximum Gasteiger partial charge on any atom is 0.407 e. The van der Waals surface area contributed by atoms with Crippen LogP contribution in [0.2, 0.25) is 0 Å². The molecule has 0 radical (unpaired) electrons. The van der Waals surface area contributed by atoms with Crippen LogP contribution in [0.25, 0.3) is 11.1 Å². The van der Waals surface area contributed by atoms with Gasteiger partial charge >= 0.3 is 12.1 Å². The largest absolute Gasteiger partial charge is 0.481 e. The van der Waals surface area contributed by atoms with Crippen LogP contribution in [0.1, 0.15) is 37.3 Å². The fourth-order valence-electron chi connectivity index (χ4n) is 4.38. The Labute approximate surface area is 206 Å². The van der Waals surface area contributed by atoms with E-state index in [2.05, 4.69) is 22.8 Å². The molecule has 0 spiro atoms. The molecule has 0 bridgehead atoms. The third kappa shape index (κ3) is 6.60. The summed E-state index contributed by atoms with van der Waals surface area (Å²) in [7, 11) is 3.75. The number of hydrogen-bond acceptors (Lipinski definition) is 5. The zero-order valence-electron chi connectivity index (χ0n) is 20.8. The molecule has 0 heterocycles. The summed E-state index contributed by atoms with van der Waals surface area (Å²) in [5.74, 6) is -2.31. The topological polar surface area (TPSA) is 108 Å². The van der Waals surface area contributed by atoms with Crippen LogP contribution in [0.15, 0.2) is 48.5 Å². The first-order chi connectivity index (χ1) is 16.7. The lowest BCUT2D eigenvalue weighted by atomic mass is 9.96. The number of carboxylic acid groups (broad SMARTS) is 1. The van der Waals surface area contributed by atoms with Crippen LogP contribution in [0, 0.1) is 11.8 Å². The van der Waals surface area contributed by atoms with E-state index in [0.29, 0.717) is 13.0 Å². The number of ether oxygens (including phenoxy) is 1. The molecule has 1 aliphatic rings. The first kappa shape index (κ1) is 26.2. The van der Waals surface area contributed by atoms with Gasteiger partial charge in [0.25, 0.3) is 0 Å². The van der Waals surface area contributed by atoms with Crippen molar-refractivity contribution in [2.24, 2.45) is 11.8 Å². The molecular formula is C27H35N3O5. The summed E-state index contributed by atoms with van der Waals surface area (Å²) in [6, 6.07) is 15.3. The van der Waals surface area contributed by atoms with Crippen molar-refractivity contribution in [3.63, 3.8) is 0 Å². The van der Waals surface area contributed by atoms with Gasteiger partial charge in [0.2, 0.25) is 5.91 Å². The van der Waals surface area contributed by atoms with E-state index in [4.69, 9.17) is 4.74 Å². The lowest BCUT2D eigenvalue weighted by Crippen LogP contribution is -2.50. The van der Waals surface area contributed by atoms with Gasteiger partial charge in [-0.25, -0.2) is 4.79 Å². The molecule has 35 heavy (non-hydrogen) atoms. The molecule has 2 aromatic rings. The van der Waals surface area contributed by atoms with Crippen LogP contribution < -0.4 is 10.6 Å². The van der Waals surface area contributed by atoms with Crippen LogP contribution >= 0.6 is 0 Å². The number of nitrogens with zero attached hydrogens (tertiary/aromatic N) is 1. The number of carboxylic acids is 1. The van der Waals surface area contributed by atoms with E-state index in [1.165, 1.54) is 0 Å². The maximum absolute atomic E-state index is 12.8. The van der Waals surface area contributed by atoms with E-state index in [1.54, 1.807) is 13.8 Å². The molecule has 2 unspecified atom stereocenters. The van der Waals surface area contributed by atoms with Crippen molar-refractivity contribution in [1.29, 1.82) is 0 Å². The number of amides is 2. The number of benzene rings is 2. The normalized spacial score (nSPS) is 14.2. The minimum Gasteiger partial charge on any atom is -0.481 e. The number of rotatable bonds is 11. The van der Waals surface area contributed by atoms with Crippen molar-refractivity contribution >= 4 is 18.0 Å². The number of carbonyl (C=O) groups excluding carboxylic acids is 2. The van der Waals surface area contributed by atoms with Crippen molar-refractivity contribution < 1.29 is 24.2 Å². The van der Waals surface area contributed by atoms with Crippen molar-refractivity contribution in [3.8, 4) is 11.1 Å². The number of fused-ring (bicyclic) bond motifs is 3. The molecule has 3 N–H and O–H groups in total. The minimum absolute atomic E-state index is 0.00331. The summed E-state index contributed by atoms with van der Waals surface area (Å²) in [6.07, 6.45) is -0.313. The second-order valence-corrected chi connectivity index (χ2v) is 9.55. The molecular weight excluding hydrogens is 446 g/mol. The van der Waals surface area contributed by atoms with Gasteiger partial charge in [-0.05, 0) is 55.2 Å². The van der Waals surface area contributed by atoms with Crippen LogP contribution in [-0.2, 0) is 14.3 Å². The summed E-state index contributed by atoms with van der Waals surface area (Å²) in [6.45, 7) is 4.30. The van der Waals surface area contributed by atoms with Crippen LogP contribution in [0.3, 0.4) is 0 Å². The van der Waals surface area contributed by atoms with Gasteiger partial charge in [0.15, 0.2) is 0 Å². The molecule has 0 aliphatic heterocycles. The first-order valence-electron chi connectivity index (χ1n) is 12.0. The van der Waals surface area contributed by atoms with Crippen molar-refractivity contribution in [1.82, 2.24) is 15.5 Å². The summed E-state index contributed by atoms with van der Waals surface area (Å²) < 4.78 is 5.59. The Kier molecular flexibility index (Phi) is 8.87. The number of aliphatic carboxylic acids is 1. The highest BCUT2D eigenvalue weighted by Crippen LogP contribution is 2.44. The predicted octanol–water partition coefficient (Wildman–Crippen LogP) is 3.32. The fourth-order valence-corrected chi connectivity index (χ4v) is 4.38. The molecule has 0 saturated carbocycles. The lowest BCUT2D eigenvalue weighted by Gasteiger charge is -2.23. The summed E-state index contributed by atoms with van der Waals surface area (Å²) >= 11 is 0. The van der Waals surface area contributed by atoms with Crippen molar-refractivity contribution in [2.45, 2.75) is 32.2 Å². The number of alkyl carbamates (subject to hydrolysis) is 1. The third-order valence-electron chi connectivity index (χ3n) is 6.44. The molecule has 188 valence electrons. The van der Waals surface area contributed by atoms with E-state index < -0.39 is 29.9 Å². The van der Waals surface area contributed by atoms with Crippen LogP contribution in [-0.4, -0.2) is 67.8 Å².